The van der Waals surface area contributed by atoms with Crippen LogP contribution in [0.4, 0.5) is 0 Å². The second kappa shape index (κ2) is 15.7. The highest BCUT2D eigenvalue weighted by atomic mass is 16.8. The van der Waals surface area contributed by atoms with Gasteiger partial charge >= 0.3 is 35.8 Å². The number of ether oxygens (including phenoxy) is 8. The molecule has 4 heterocycles. The lowest BCUT2D eigenvalue weighted by Gasteiger charge is -2.46. The van der Waals surface area contributed by atoms with E-state index >= 15 is 0 Å². The van der Waals surface area contributed by atoms with Crippen LogP contribution < -0.4 is 0 Å². The molecule has 0 aromatic carbocycles. The molecule has 308 valence electrons. The minimum absolute atomic E-state index is 0.0754. The normalized spacial score (nSPS) is 34.4. The summed E-state index contributed by atoms with van der Waals surface area (Å²) in [5, 5.41) is 21.3. The van der Waals surface area contributed by atoms with E-state index in [1.54, 1.807) is 0 Å². The summed E-state index contributed by atoms with van der Waals surface area (Å²) >= 11 is 0. The first-order valence-electron chi connectivity index (χ1n) is 19.4. The molecule has 7 aliphatic rings. The standard InChI is InChI=1S/C42H44O16/c1-25-13-17-39(18-14-25)51-31(43)27(32(44)52-39)9-5-3-7-11-29-35(47)55-41(56-36(29)48)21-23-42(24-22-41)57-37(49)30(38(50)58-42)12-8-4-6-10-28-33(45)53-40(54-34(28)46)19-15-26(2)16-20-40/h3-12,25-26,47,49H,13-24H2,1-2H3/b5-3+,6-4?,11-7+,12-8?,27-9?,28-10?. The van der Waals surface area contributed by atoms with Crippen molar-refractivity contribution in [3.63, 3.8) is 0 Å². The molecule has 0 atom stereocenters. The average molecular weight is 805 g/mol. The molecule has 16 nitrogen and oxygen atoms in total. The summed E-state index contributed by atoms with van der Waals surface area (Å²) in [7, 11) is 0. The van der Waals surface area contributed by atoms with Crippen molar-refractivity contribution in [1.82, 2.24) is 0 Å². The molecule has 5 fully saturated rings. The maximum Gasteiger partial charge on any atom is 0.348 e. The van der Waals surface area contributed by atoms with E-state index in [1.165, 1.54) is 60.8 Å². The molecule has 58 heavy (non-hydrogen) atoms. The van der Waals surface area contributed by atoms with Gasteiger partial charge in [0.1, 0.15) is 22.3 Å². The van der Waals surface area contributed by atoms with E-state index in [2.05, 4.69) is 13.8 Å². The highest BCUT2D eigenvalue weighted by Crippen LogP contribution is 2.47. The van der Waals surface area contributed by atoms with Crippen molar-refractivity contribution in [3.05, 3.63) is 94.9 Å². The second-order valence-corrected chi connectivity index (χ2v) is 15.6. The summed E-state index contributed by atoms with van der Waals surface area (Å²) in [5.41, 5.74) is -1.14. The number of aliphatic hydroxyl groups excluding tert-OH is 2. The fraction of sp³-hybridized carbons (Fsp3) is 0.476. The third-order valence-corrected chi connectivity index (χ3v) is 11.4. The lowest BCUT2D eigenvalue weighted by Crippen LogP contribution is -2.53. The van der Waals surface area contributed by atoms with E-state index in [1.807, 2.05) is 0 Å². The molecule has 4 aliphatic heterocycles. The Morgan fingerprint density at radius 1 is 0.414 bits per heavy atom. The van der Waals surface area contributed by atoms with Gasteiger partial charge in [0.2, 0.25) is 0 Å². The summed E-state index contributed by atoms with van der Waals surface area (Å²) in [4.78, 5) is 76.2. The van der Waals surface area contributed by atoms with E-state index in [-0.39, 0.29) is 48.0 Å². The number of hydrogen-bond acceptors (Lipinski definition) is 16. The number of allylic oxidation sites excluding steroid dienone is 8. The van der Waals surface area contributed by atoms with Crippen LogP contribution in [0.2, 0.25) is 0 Å². The van der Waals surface area contributed by atoms with Crippen LogP contribution >= 0.6 is 0 Å². The lowest BCUT2D eigenvalue weighted by atomic mass is 9.86. The van der Waals surface area contributed by atoms with Gasteiger partial charge in [-0.05, 0) is 61.8 Å². The molecule has 0 radical (unpaired) electrons. The Morgan fingerprint density at radius 3 is 1.02 bits per heavy atom. The maximum atomic E-state index is 12.9. The third kappa shape index (κ3) is 8.31. The van der Waals surface area contributed by atoms with Gasteiger partial charge in [-0.15, -0.1) is 0 Å². The molecule has 7 rings (SSSR count). The number of aliphatic hydroxyl groups is 2. The van der Waals surface area contributed by atoms with Gasteiger partial charge < -0.3 is 48.1 Å². The van der Waals surface area contributed by atoms with Crippen molar-refractivity contribution < 1.29 is 76.9 Å². The molecular formula is C42H44O16. The van der Waals surface area contributed by atoms with Gasteiger partial charge in [-0.1, -0.05) is 50.3 Å². The Hall–Kier alpha value is -6.06. The van der Waals surface area contributed by atoms with E-state index in [0.717, 1.165) is 25.7 Å². The fourth-order valence-electron chi connectivity index (χ4n) is 7.75. The Bertz CT molecular complexity index is 1830. The van der Waals surface area contributed by atoms with Crippen molar-refractivity contribution in [1.29, 1.82) is 0 Å². The van der Waals surface area contributed by atoms with Crippen molar-refractivity contribution in [2.75, 3.05) is 0 Å². The SMILES string of the molecule is CC1CCC2(CC1)OC(=O)C(=CC=CC=CC1=C(O)OC3(CCC4(CC3)OC(=O)C(/C=C/C=C/C=C3C(=O)OC5(CCC(C)CC5)OC3=O)=C(O)O4)OC1=O)C(=O)O2. The predicted octanol–water partition coefficient (Wildman–Crippen LogP) is 5.73. The van der Waals surface area contributed by atoms with Crippen LogP contribution in [0.5, 0.6) is 0 Å². The highest BCUT2D eigenvalue weighted by Gasteiger charge is 2.55. The zero-order valence-corrected chi connectivity index (χ0v) is 32.0. The number of esters is 6. The monoisotopic (exact) mass is 804 g/mol. The molecule has 0 unspecified atom stereocenters. The number of carbonyl (C=O) groups is 6. The maximum absolute atomic E-state index is 12.9. The molecule has 3 aliphatic carbocycles. The van der Waals surface area contributed by atoms with Crippen LogP contribution in [0.25, 0.3) is 0 Å². The summed E-state index contributed by atoms with van der Waals surface area (Å²) in [6.45, 7) is 4.17. The van der Waals surface area contributed by atoms with Crippen LogP contribution in [0.3, 0.4) is 0 Å². The Morgan fingerprint density at radius 2 is 0.707 bits per heavy atom. The van der Waals surface area contributed by atoms with Gasteiger partial charge in [0.25, 0.3) is 35.0 Å². The Balaban J connectivity index is 0.906. The summed E-state index contributed by atoms with van der Waals surface area (Å²) in [5.74, 6) is -11.0. The van der Waals surface area contributed by atoms with Crippen molar-refractivity contribution in [2.45, 2.75) is 114 Å². The fourth-order valence-corrected chi connectivity index (χ4v) is 7.75. The zero-order valence-electron chi connectivity index (χ0n) is 32.0. The second-order valence-electron chi connectivity index (χ2n) is 15.6. The Kier molecular flexibility index (Phi) is 10.9. The number of carbonyl (C=O) groups excluding carboxylic acids is 6. The molecule has 16 heteroatoms. The van der Waals surface area contributed by atoms with Gasteiger partial charge in [0.15, 0.2) is 0 Å². The molecule has 0 amide bonds. The summed E-state index contributed by atoms with van der Waals surface area (Å²) in [6.07, 6.45) is 17.8. The number of rotatable bonds is 6. The minimum atomic E-state index is -1.60. The topological polar surface area (TPSA) is 217 Å². The van der Waals surface area contributed by atoms with Gasteiger partial charge in [0, 0.05) is 51.4 Å². The number of hydrogen-bond donors (Lipinski definition) is 2. The first-order chi connectivity index (χ1) is 27.6. The van der Waals surface area contributed by atoms with Crippen LogP contribution in [0, 0.1) is 11.8 Å². The molecule has 4 spiro atoms. The van der Waals surface area contributed by atoms with E-state index in [9.17, 15) is 39.0 Å². The first kappa shape index (κ1) is 40.1. The van der Waals surface area contributed by atoms with E-state index in [4.69, 9.17) is 37.9 Å². The van der Waals surface area contributed by atoms with E-state index < -0.39 is 70.9 Å². The van der Waals surface area contributed by atoms with Gasteiger partial charge in [-0.2, -0.15) is 0 Å². The van der Waals surface area contributed by atoms with Crippen LogP contribution in [0.15, 0.2) is 94.9 Å². The highest BCUT2D eigenvalue weighted by molar-refractivity contribution is 6.16. The van der Waals surface area contributed by atoms with Crippen LogP contribution in [0.1, 0.15) is 90.9 Å². The van der Waals surface area contributed by atoms with Crippen LogP contribution in [-0.2, 0) is 66.7 Å². The smallest absolute Gasteiger partial charge is 0.348 e. The van der Waals surface area contributed by atoms with Crippen molar-refractivity contribution >= 4 is 35.8 Å². The molecule has 0 bridgehead atoms. The quantitative estimate of drug-likeness (QED) is 0.108. The average Bonchev–Trinajstić information content (AvgIpc) is 3.16. The van der Waals surface area contributed by atoms with Gasteiger partial charge in [-0.25, -0.2) is 28.8 Å². The first-order valence-corrected chi connectivity index (χ1v) is 19.4. The molecule has 0 aromatic heterocycles. The molecule has 2 N–H and O–H groups in total. The lowest BCUT2D eigenvalue weighted by molar-refractivity contribution is -0.302. The van der Waals surface area contributed by atoms with Gasteiger partial charge in [-0.3, -0.25) is 0 Å². The molecular weight excluding hydrogens is 760 g/mol. The minimum Gasteiger partial charge on any atom is -0.480 e. The molecule has 2 saturated heterocycles. The third-order valence-electron chi connectivity index (χ3n) is 11.4. The molecule has 0 aromatic rings. The van der Waals surface area contributed by atoms with E-state index in [0.29, 0.717) is 37.5 Å². The summed E-state index contributed by atoms with van der Waals surface area (Å²) < 4.78 is 44.4. The molecule has 3 saturated carbocycles. The van der Waals surface area contributed by atoms with Gasteiger partial charge in [0.05, 0.1) is 0 Å². The summed E-state index contributed by atoms with van der Waals surface area (Å²) in [6, 6.07) is 0. The van der Waals surface area contributed by atoms with Crippen molar-refractivity contribution in [2.24, 2.45) is 11.8 Å². The van der Waals surface area contributed by atoms with Crippen LogP contribution in [-0.4, -0.2) is 69.2 Å². The van der Waals surface area contributed by atoms with Crippen molar-refractivity contribution in [3.8, 4) is 0 Å². The Labute approximate surface area is 333 Å². The largest absolute Gasteiger partial charge is 0.480 e. The zero-order chi connectivity index (χ0) is 41.3. The predicted molar refractivity (Wildman–Crippen MR) is 195 cm³/mol.